The van der Waals surface area contributed by atoms with Crippen LogP contribution in [-0.4, -0.2) is 11.8 Å². The fourth-order valence-electron chi connectivity index (χ4n) is 2.75. The largest absolute Gasteiger partial charge is 0.323 e. The molecule has 0 aliphatic rings. The van der Waals surface area contributed by atoms with Crippen LogP contribution in [0, 0.1) is 0 Å². The first kappa shape index (κ1) is 19.3. The quantitative estimate of drug-likeness (QED) is 0.532. The lowest BCUT2D eigenvalue weighted by Crippen LogP contribution is -2.30. The number of carbonyl (C=O) groups is 2. The van der Waals surface area contributed by atoms with Crippen LogP contribution in [0.4, 0.5) is 11.4 Å². The molecule has 2 atom stereocenters. The number of benzene rings is 3. The molecule has 0 heterocycles. The lowest BCUT2D eigenvalue weighted by atomic mass is 10.1. The number of rotatable bonds is 6. The van der Waals surface area contributed by atoms with E-state index < -0.39 is 12.1 Å². The Kier molecular flexibility index (Phi) is 6.16. The van der Waals surface area contributed by atoms with E-state index in [0.717, 1.165) is 0 Å². The molecule has 0 fully saturated rings. The van der Waals surface area contributed by atoms with Crippen molar-refractivity contribution in [3.05, 3.63) is 96.1 Å². The van der Waals surface area contributed by atoms with Gasteiger partial charge in [-0.15, -0.1) is 0 Å². The molecule has 2 amide bonds. The number of hydrogen-bond acceptors (Lipinski definition) is 4. The summed E-state index contributed by atoms with van der Waals surface area (Å²) in [6.07, 6.45) is 0. The van der Waals surface area contributed by atoms with Gasteiger partial charge < -0.3 is 22.1 Å². The van der Waals surface area contributed by atoms with Crippen molar-refractivity contribution < 1.29 is 9.59 Å². The molecule has 6 heteroatoms. The van der Waals surface area contributed by atoms with Crippen LogP contribution in [0.25, 0.3) is 0 Å². The lowest BCUT2D eigenvalue weighted by Gasteiger charge is -2.17. The summed E-state index contributed by atoms with van der Waals surface area (Å²) in [4.78, 5) is 25.1. The molecule has 0 bridgehead atoms. The number of anilines is 2. The molecule has 142 valence electrons. The van der Waals surface area contributed by atoms with Crippen LogP contribution in [0.2, 0.25) is 0 Å². The van der Waals surface area contributed by atoms with Crippen molar-refractivity contribution >= 4 is 23.2 Å². The van der Waals surface area contributed by atoms with Crippen molar-refractivity contribution in [1.29, 1.82) is 0 Å². The highest BCUT2D eigenvalue weighted by atomic mass is 16.2. The second-order valence-corrected chi connectivity index (χ2v) is 6.30. The summed E-state index contributed by atoms with van der Waals surface area (Å²) in [6.45, 7) is 0. The Morgan fingerprint density at radius 2 is 0.893 bits per heavy atom. The van der Waals surface area contributed by atoms with Crippen molar-refractivity contribution in [2.45, 2.75) is 12.1 Å². The van der Waals surface area contributed by atoms with E-state index in [0.29, 0.717) is 22.5 Å². The summed E-state index contributed by atoms with van der Waals surface area (Å²) < 4.78 is 0. The van der Waals surface area contributed by atoms with Gasteiger partial charge in [-0.1, -0.05) is 72.8 Å². The highest BCUT2D eigenvalue weighted by molar-refractivity contribution is 6.02. The highest BCUT2D eigenvalue weighted by Crippen LogP contribution is 2.24. The van der Waals surface area contributed by atoms with Crippen molar-refractivity contribution in [2.24, 2.45) is 11.5 Å². The van der Waals surface area contributed by atoms with Gasteiger partial charge in [-0.05, 0) is 23.3 Å². The number of hydrogen-bond donors (Lipinski definition) is 4. The Morgan fingerprint density at radius 1 is 0.571 bits per heavy atom. The van der Waals surface area contributed by atoms with Crippen molar-refractivity contribution in [3.63, 3.8) is 0 Å². The van der Waals surface area contributed by atoms with Crippen molar-refractivity contribution in [2.75, 3.05) is 10.6 Å². The molecule has 0 aliphatic heterocycles. The summed E-state index contributed by atoms with van der Waals surface area (Å²) in [5.74, 6) is -0.750. The molecular formula is C22H22N4O2. The van der Waals surface area contributed by atoms with Gasteiger partial charge in [-0.3, -0.25) is 9.59 Å². The van der Waals surface area contributed by atoms with Crippen LogP contribution in [0.15, 0.2) is 84.9 Å². The van der Waals surface area contributed by atoms with Crippen LogP contribution in [0.5, 0.6) is 0 Å². The van der Waals surface area contributed by atoms with E-state index in [-0.39, 0.29) is 11.8 Å². The standard InChI is InChI=1S/C22H22N4O2/c23-19(15-9-3-1-4-10-15)21(27)25-17-13-7-8-14-18(17)26-22(28)20(24)16-11-5-2-6-12-16/h1-14,19-20H,23-24H2,(H,25,27)(H,26,28)/t19-,20-/m0/s1. The number of amides is 2. The van der Waals surface area contributed by atoms with E-state index in [1.54, 1.807) is 48.5 Å². The SMILES string of the molecule is N[C@H](C(=O)Nc1ccccc1NC(=O)[C@@H](N)c1ccccc1)c1ccccc1. The zero-order chi connectivity index (χ0) is 19.9. The molecule has 0 radical (unpaired) electrons. The maximum absolute atomic E-state index is 12.5. The molecule has 6 nitrogen and oxygen atoms in total. The average Bonchev–Trinajstić information content (AvgIpc) is 2.75. The van der Waals surface area contributed by atoms with E-state index in [1.807, 2.05) is 36.4 Å². The molecule has 3 aromatic rings. The van der Waals surface area contributed by atoms with Gasteiger partial charge in [0.25, 0.3) is 0 Å². The number of nitrogens with one attached hydrogen (secondary N) is 2. The fourth-order valence-corrected chi connectivity index (χ4v) is 2.75. The molecule has 3 aromatic carbocycles. The Hall–Kier alpha value is -3.48. The minimum Gasteiger partial charge on any atom is -0.323 e. The zero-order valence-electron chi connectivity index (χ0n) is 15.2. The van der Waals surface area contributed by atoms with E-state index in [1.165, 1.54) is 0 Å². The smallest absolute Gasteiger partial charge is 0.245 e. The average molecular weight is 374 g/mol. The summed E-state index contributed by atoms with van der Waals surface area (Å²) in [6, 6.07) is 23.4. The predicted octanol–water partition coefficient (Wildman–Crippen LogP) is 2.96. The highest BCUT2D eigenvalue weighted by Gasteiger charge is 2.19. The van der Waals surface area contributed by atoms with E-state index >= 15 is 0 Å². The summed E-state index contributed by atoms with van der Waals surface area (Å²) >= 11 is 0. The second-order valence-electron chi connectivity index (χ2n) is 6.30. The molecule has 0 saturated carbocycles. The molecule has 3 rings (SSSR count). The molecule has 0 unspecified atom stereocenters. The summed E-state index contributed by atoms with van der Waals surface area (Å²) in [5, 5.41) is 5.55. The maximum atomic E-state index is 12.5. The van der Waals surface area contributed by atoms with E-state index in [9.17, 15) is 9.59 Å². The molecule has 0 spiro atoms. The number of carbonyl (C=O) groups excluding carboxylic acids is 2. The van der Waals surface area contributed by atoms with E-state index in [4.69, 9.17) is 11.5 Å². The Labute approximate surface area is 163 Å². The first-order chi connectivity index (χ1) is 13.6. The third kappa shape index (κ3) is 4.62. The van der Waals surface area contributed by atoms with Crippen molar-refractivity contribution in [3.8, 4) is 0 Å². The first-order valence-electron chi connectivity index (χ1n) is 8.88. The minimum absolute atomic E-state index is 0.375. The summed E-state index contributed by atoms with van der Waals surface area (Å²) in [5.41, 5.74) is 14.4. The van der Waals surface area contributed by atoms with Crippen LogP contribution in [0.3, 0.4) is 0 Å². The third-order valence-electron chi connectivity index (χ3n) is 4.33. The second kappa shape index (κ2) is 8.94. The topological polar surface area (TPSA) is 110 Å². The van der Waals surface area contributed by atoms with Crippen LogP contribution >= 0.6 is 0 Å². The van der Waals surface area contributed by atoms with Gasteiger partial charge in [0.1, 0.15) is 12.1 Å². The molecule has 0 aliphatic carbocycles. The van der Waals surface area contributed by atoms with Gasteiger partial charge in [0.2, 0.25) is 11.8 Å². The van der Waals surface area contributed by atoms with Crippen LogP contribution in [-0.2, 0) is 9.59 Å². The van der Waals surface area contributed by atoms with Crippen LogP contribution in [0.1, 0.15) is 23.2 Å². The lowest BCUT2D eigenvalue weighted by molar-refractivity contribution is -0.118. The molecule has 28 heavy (non-hydrogen) atoms. The zero-order valence-corrected chi connectivity index (χ0v) is 15.2. The normalized spacial score (nSPS) is 12.6. The first-order valence-corrected chi connectivity index (χ1v) is 8.88. The van der Waals surface area contributed by atoms with E-state index in [2.05, 4.69) is 10.6 Å². The van der Waals surface area contributed by atoms with Gasteiger partial charge in [-0.2, -0.15) is 0 Å². The molecule has 0 saturated heterocycles. The Morgan fingerprint density at radius 3 is 1.25 bits per heavy atom. The van der Waals surface area contributed by atoms with Crippen molar-refractivity contribution in [1.82, 2.24) is 0 Å². The number of para-hydroxylation sites is 2. The predicted molar refractivity (Wildman–Crippen MR) is 110 cm³/mol. The van der Waals surface area contributed by atoms with Gasteiger partial charge in [0, 0.05) is 0 Å². The van der Waals surface area contributed by atoms with Gasteiger partial charge >= 0.3 is 0 Å². The third-order valence-corrected chi connectivity index (χ3v) is 4.33. The molecular weight excluding hydrogens is 352 g/mol. The number of nitrogens with two attached hydrogens (primary N) is 2. The Bertz CT molecular complexity index is 867. The fraction of sp³-hybridized carbons (Fsp3) is 0.0909. The Balaban J connectivity index is 1.72. The molecule has 0 aromatic heterocycles. The summed E-state index contributed by atoms with van der Waals surface area (Å²) in [7, 11) is 0. The minimum atomic E-state index is -0.823. The van der Waals surface area contributed by atoms with Gasteiger partial charge in [-0.25, -0.2) is 0 Å². The molecule has 6 N–H and O–H groups in total. The maximum Gasteiger partial charge on any atom is 0.245 e. The monoisotopic (exact) mass is 374 g/mol. The van der Waals surface area contributed by atoms with Crippen LogP contribution < -0.4 is 22.1 Å². The van der Waals surface area contributed by atoms with Gasteiger partial charge in [0.05, 0.1) is 11.4 Å². The van der Waals surface area contributed by atoms with Gasteiger partial charge in [0.15, 0.2) is 0 Å².